The van der Waals surface area contributed by atoms with Gasteiger partial charge in [-0.05, 0) is 37.6 Å². The van der Waals surface area contributed by atoms with Crippen molar-refractivity contribution in [1.29, 1.82) is 0 Å². The predicted molar refractivity (Wildman–Crippen MR) is 80.5 cm³/mol. The minimum Gasteiger partial charge on any atom is -0.409 e. The zero-order valence-corrected chi connectivity index (χ0v) is 12.8. The molecule has 0 heterocycles. The Morgan fingerprint density at radius 3 is 2.53 bits per heavy atom. The highest BCUT2D eigenvalue weighted by Gasteiger charge is 2.26. The lowest BCUT2D eigenvalue weighted by Crippen LogP contribution is -2.35. The fourth-order valence-corrected chi connectivity index (χ4v) is 2.89. The maximum atomic E-state index is 8.72. The molecule has 0 bridgehead atoms. The summed E-state index contributed by atoms with van der Waals surface area (Å²) < 4.78 is 0. The maximum Gasteiger partial charge on any atom is 0.144 e. The lowest BCUT2D eigenvalue weighted by Gasteiger charge is -2.34. The summed E-state index contributed by atoms with van der Waals surface area (Å²) in [5.41, 5.74) is 5.97. The van der Waals surface area contributed by atoms with Gasteiger partial charge in [0, 0.05) is 12.0 Å². The van der Waals surface area contributed by atoms with Gasteiger partial charge in [-0.1, -0.05) is 45.2 Å². The first-order valence-corrected chi connectivity index (χ1v) is 7.58. The molecule has 1 saturated carbocycles. The second-order valence-corrected chi connectivity index (χ2v) is 7.02. The molecule has 1 aliphatic carbocycles. The van der Waals surface area contributed by atoms with Crippen LogP contribution < -0.4 is 11.1 Å². The van der Waals surface area contributed by atoms with E-state index in [1.165, 1.54) is 32.1 Å². The van der Waals surface area contributed by atoms with Gasteiger partial charge >= 0.3 is 0 Å². The lowest BCUT2D eigenvalue weighted by molar-refractivity contribution is 0.207. The molecule has 4 heteroatoms. The van der Waals surface area contributed by atoms with Crippen molar-refractivity contribution in [2.75, 3.05) is 13.1 Å². The molecule has 112 valence electrons. The Balaban J connectivity index is 2.17. The number of hydrogen-bond donors (Lipinski definition) is 3. The number of oxime groups is 1. The number of hydrogen-bond acceptors (Lipinski definition) is 3. The van der Waals surface area contributed by atoms with Gasteiger partial charge in [0.2, 0.25) is 0 Å². The van der Waals surface area contributed by atoms with Crippen LogP contribution in [0.5, 0.6) is 0 Å². The van der Waals surface area contributed by atoms with Gasteiger partial charge in [-0.25, -0.2) is 0 Å². The Kier molecular flexibility index (Phi) is 6.11. The summed E-state index contributed by atoms with van der Waals surface area (Å²) in [6.07, 6.45) is 8.88. The van der Waals surface area contributed by atoms with Crippen LogP contribution in [0.15, 0.2) is 5.16 Å². The molecule has 1 rings (SSSR count). The van der Waals surface area contributed by atoms with Crippen molar-refractivity contribution in [2.45, 2.75) is 65.7 Å². The van der Waals surface area contributed by atoms with E-state index in [4.69, 9.17) is 10.9 Å². The number of nitrogens with one attached hydrogen (secondary N) is 1. The third-order valence-corrected chi connectivity index (χ3v) is 4.57. The van der Waals surface area contributed by atoms with E-state index >= 15 is 0 Å². The summed E-state index contributed by atoms with van der Waals surface area (Å²) in [5, 5.41) is 15.4. The molecule has 0 aromatic carbocycles. The Hall–Kier alpha value is -0.770. The molecule has 0 aromatic rings. The van der Waals surface area contributed by atoms with Gasteiger partial charge < -0.3 is 16.3 Å². The van der Waals surface area contributed by atoms with Crippen LogP contribution in [0.2, 0.25) is 0 Å². The normalized spacial score (nSPS) is 20.5. The van der Waals surface area contributed by atoms with Crippen molar-refractivity contribution >= 4 is 5.84 Å². The van der Waals surface area contributed by atoms with Crippen LogP contribution in [0.4, 0.5) is 0 Å². The lowest BCUT2D eigenvalue weighted by atomic mass is 9.76. The molecule has 0 unspecified atom stereocenters. The fraction of sp³-hybridized carbons (Fsp3) is 0.933. The molecule has 1 aliphatic rings. The minimum atomic E-state index is -0.217. The van der Waals surface area contributed by atoms with Gasteiger partial charge in [0.05, 0.1) is 0 Å². The highest BCUT2D eigenvalue weighted by atomic mass is 16.4. The van der Waals surface area contributed by atoms with Crippen LogP contribution in [0, 0.1) is 10.8 Å². The van der Waals surface area contributed by atoms with Crippen molar-refractivity contribution in [3.63, 3.8) is 0 Å². The van der Waals surface area contributed by atoms with Crippen LogP contribution >= 0.6 is 0 Å². The van der Waals surface area contributed by atoms with Gasteiger partial charge in [-0.3, -0.25) is 0 Å². The summed E-state index contributed by atoms with van der Waals surface area (Å²) in [6, 6.07) is 0. The Morgan fingerprint density at radius 1 is 1.32 bits per heavy atom. The molecule has 0 amide bonds. The highest BCUT2D eigenvalue weighted by molar-refractivity contribution is 5.85. The first-order valence-electron chi connectivity index (χ1n) is 7.58. The fourth-order valence-electron chi connectivity index (χ4n) is 2.89. The van der Waals surface area contributed by atoms with Crippen LogP contribution in [0.1, 0.15) is 65.7 Å². The molecular weight excluding hydrogens is 238 g/mol. The molecule has 0 aromatic heterocycles. The molecule has 0 atom stereocenters. The molecule has 0 radical (unpaired) electrons. The van der Waals surface area contributed by atoms with E-state index in [2.05, 4.69) is 17.4 Å². The average molecular weight is 269 g/mol. The molecule has 4 N–H and O–H groups in total. The average Bonchev–Trinajstić information content (AvgIpc) is 2.38. The van der Waals surface area contributed by atoms with Gasteiger partial charge in [-0.15, -0.1) is 0 Å². The molecule has 4 nitrogen and oxygen atoms in total. The smallest absolute Gasteiger partial charge is 0.144 e. The predicted octanol–water partition coefficient (Wildman–Crippen LogP) is 3.10. The number of nitrogens with zero attached hydrogens (tertiary/aromatic N) is 1. The number of amidine groups is 1. The van der Waals surface area contributed by atoms with Crippen LogP contribution in [-0.2, 0) is 0 Å². The largest absolute Gasteiger partial charge is 0.409 e. The van der Waals surface area contributed by atoms with Crippen LogP contribution in [-0.4, -0.2) is 24.1 Å². The highest BCUT2D eigenvalue weighted by Crippen LogP contribution is 2.34. The van der Waals surface area contributed by atoms with E-state index in [0.29, 0.717) is 11.3 Å². The molecule has 0 aliphatic heterocycles. The molecule has 0 spiro atoms. The monoisotopic (exact) mass is 269 g/mol. The third kappa shape index (κ3) is 5.39. The summed E-state index contributed by atoms with van der Waals surface area (Å²) in [6.45, 7) is 8.57. The first kappa shape index (κ1) is 16.3. The maximum absolute atomic E-state index is 8.72. The van der Waals surface area contributed by atoms with Crippen molar-refractivity contribution in [3.05, 3.63) is 0 Å². The summed E-state index contributed by atoms with van der Waals surface area (Å²) in [5.74, 6) is 0.326. The summed E-state index contributed by atoms with van der Waals surface area (Å²) in [7, 11) is 0. The van der Waals surface area contributed by atoms with Crippen LogP contribution in [0.25, 0.3) is 0 Å². The molecular formula is C15H31N3O. The first-order chi connectivity index (χ1) is 8.90. The second-order valence-electron chi connectivity index (χ2n) is 7.02. The third-order valence-electron chi connectivity index (χ3n) is 4.57. The van der Waals surface area contributed by atoms with Gasteiger partial charge in [0.1, 0.15) is 5.84 Å². The van der Waals surface area contributed by atoms with Crippen molar-refractivity contribution in [3.8, 4) is 0 Å². The Bertz CT molecular complexity index is 294. The van der Waals surface area contributed by atoms with E-state index in [-0.39, 0.29) is 5.41 Å². The van der Waals surface area contributed by atoms with E-state index in [0.717, 1.165) is 25.9 Å². The van der Waals surface area contributed by atoms with Gasteiger partial charge in [-0.2, -0.15) is 0 Å². The zero-order chi connectivity index (χ0) is 14.4. The van der Waals surface area contributed by atoms with E-state index in [9.17, 15) is 0 Å². The summed E-state index contributed by atoms with van der Waals surface area (Å²) in [4.78, 5) is 0. The van der Waals surface area contributed by atoms with Crippen molar-refractivity contribution in [2.24, 2.45) is 21.7 Å². The molecule has 0 saturated heterocycles. The topological polar surface area (TPSA) is 70.6 Å². The van der Waals surface area contributed by atoms with Crippen molar-refractivity contribution < 1.29 is 5.21 Å². The van der Waals surface area contributed by atoms with Gasteiger partial charge in [0.15, 0.2) is 0 Å². The van der Waals surface area contributed by atoms with E-state index in [1.54, 1.807) is 0 Å². The van der Waals surface area contributed by atoms with Crippen molar-refractivity contribution in [1.82, 2.24) is 5.32 Å². The van der Waals surface area contributed by atoms with E-state index < -0.39 is 0 Å². The quantitative estimate of drug-likeness (QED) is 0.219. The number of rotatable bonds is 7. The standard InChI is InChI=1S/C15H31N3O/c1-14(2,13(16)18-19)8-7-11-17-12-15(3)9-5-4-6-10-15/h17,19H,4-12H2,1-3H3,(H2,16,18). The Morgan fingerprint density at radius 2 is 1.95 bits per heavy atom. The molecule has 19 heavy (non-hydrogen) atoms. The zero-order valence-electron chi connectivity index (χ0n) is 12.8. The van der Waals surface area contributed by atoms with Gasteiger partial charge in [0.25, 0.3) is 0 Å². The second kappa shape index (κ2) is 7.13. The Labute approximate surface area is 117 Å². The SMILES string of the molecule is CC1(CNCCCC(C)(C)C(N)=NO)CCCCC1. The van der Waals surface area contributed by atoms with E-state index in [1.807, 2.05) is 13.8 Å². The summed E-state index contributed by atoms with van der Waals surface area (Å²) >= 11 is 0. The minimum absolute atomic E-state index is 0.217. The number of nitrogens with two attached hydrogens (primary N) is 1. The van der Waals surface area contributed by atoms with Crippen LogP contribution in [0.3, 0.4) is 0 Å². The molecule has 1 fully saturated rings.